The third-order valence-corrected chi connectivity index (χ3v) is 5.28. The molecule has 1 aliphatic rings. The number of fused-ring (bicyclic) bond motifs is 1. The molecule has 2 aromatic carbocycles. The molecular weight excluding hydrogens is 386 g/mol. The normalized spacial score (nSPS) is 12.9. The molecule has 5 rings (SSSR count). The molecule has 4 aromatic rings. The van der Waals surface area contributed by atoms with Crippen LogP contribution in [0.2, 0.25) is 0 Å². The van der Waals surface area contributed by atoms with Crippen molar-refractivity contribution in [2.24, 2.45) is 4.99 Å². The molecule has 29 heavy (non-hydrogen) atoms. The zero-order valence-electron chi connectivity index (χ0n) is 15.1. The summed E-state index contributed by atoms with van der Waals surface area (Å²) in [4.78, 5) is 16.3. The van der Waals surface area contributed by atoms with Gasteiger partial charge in [-0.2, -0.15) is 5.10 Å². The lowest BCUT2D eigenvalue weighted by molar-refractivity contribution is -0.112. The molecule has 0 saturated carbocycles. The van der Waals surface area contributed by atoms with Gasteiger partial charge in [-0.15, -0.1) is 10.2 Å². The van der Waals surface area contributed by atoms with Gasteiger partial charge in [0.25, 0.3) is 5.91 Å². The predicted octanol–water partition coefficient (Wildman–Crippen LogP) is 3.77. The number of nitrogens with zero attached hydrogens (tertiary/aromatic N) is 4. The van der Waals surface area contributed by atoms with Crippen LogP contribution in [0.3, 0.4) is 0 Å². The third-order valence-electron chi connectivity index (χ3n) is 4.39. The number of carbonyl (C=O) groups is 1. The second-order valence-electron chi connectivity index (χ2n) is 6.40. The monoisotopic (exact) mass is 401 g/mol. The van der Waals surface area contributed by atoms with E-state index in [1.165, 1.54) is 11.3 Å². The highest BCUT2D eigenvalue weighted by atomic mass is 32.1. The first kappa shape index (κ1) is 17.3. The molecule has 0 saturated heterocycles. The van der Waals surface area contributed by atoms with Crippen LogP contribution in [-0.2, 0) is 4.79 Å². The lowest BCUT2D eigenvalue weighted by Gasteiger charge is -2.05. The number of aromatic amines is 1. The lowest BCUT2D eigenvalue weighted by atomic mass is 10.2. The number of hydrogen-bond donors (Lipinski definition) is 3. The van der Waals surface area contributed by atoms with E-state index in [1.807, 2.05) is 42.5 Å². The maximum Gasteiger partial charge on any atom is 0.256 e. The minimum atomic E-state index is -0.169. The highest BCUT2D eigenvalue weighted by Gasteiger charge is 2.12. The van der Waals surface area contributed by atoms with Crippen molar-refractivity contribution in [1.29, 1.82) is 0 Å². The van der Waals surface area contributed by atoms with Crippen molar-refractivity contribution in [3.05, 3.63) is 60.3 Å². The summed E-state index contributed by atoms with van der Waals surface area (Å²) in [5, 5.41) is 24.1. The first-order valence-electron chi connectivity index (χ1n) is 8.90. The Morgan fingerprint density at radius 2 is 2.07 bits per heavy atom. The van der Waals surface area contributed by atoms with Gasteiger partial charge < -0.3 is 10.6 Å². The van der Waals surface area contributed by atoms with Gasteiger partial charge in [0.1, 0.15) is 5.01 Å². The number of aromatic nitrogens is 4. The van der Waals surface area contributed by atoms with Gasteiger partial charge in [0.15, 0.2) is 0 Å². The number of benzene rings is 2. The fourth-order valence-corrected chi connectivity index (χ4v) is 3.73. The van der Waals surface area contributed by atoms with Crippen LogP contribution in [0.5, 0.6) is 0 Å². The van der Waals surface area contributed by atoms with E-state index in [1.54, 1.807) is 18.5 Å². The van der Waals surface area contributed by atoms with E-state index < -0.39 is 0 Å². The van der Waals surface area contributed by atoms with Crippen molar-refractivity contribution in [2.75, 3.05) is 17.2 Å². The van der Waals surface area contributed by atoms with Crippen LogP contribution in [0, 0.1) is 0 Å². The van der Waals surface area contributed by atoms with E-state index in [-0.39, 0.29) is 5.91 Å². The van der Waals surface area contributed by atoms with Crippen molar-refractivity contribution in [3.8, 4) is 10.6 Å². The average Bonchev–Trinajstić information content (AvgIpc) is 3.49. The summed E-state index contributed by atoms with van der Waals surface area (Å²) in [5.41, 5.74) is 4.05. The summed E-state index contributed by atoms with van der Waals surface area (Å²) in [5.74, 6) is -0.169. The fourth-order valence-electron chi connectivity index (χ4n) is 2.97. The maximum absolute atomic E-state index is 12.2. The highest BCUT2D eigenvalue weighted by molar-refractivity contribution is 7.18. The quantitative estimate of drug-likeness (QED) is 0.472. The molecule has 0 unspecified atom stereocenters. The van der Waals surface area contributed by atoms with Gasteiger partial charge in [0, 0.05) is 28.5 Å². The smallest absolute Gasteiger partial charge is 0.256 e. The Kier molecular flexibility index (Phi) is 4.34. The average molecular weight is 401 g/mol. The molecule has 1 amide bonds. The predicted molar refractivity (Wildman–Crippen MR) is 115 cm³/mol. The molecule has 3 N–H and O–H groups in total. The third kappa shape index (κ3) is 3.63. The number of nitrogens with one attached hydrogen (secondary N) is 3. The maximum atomic E-state index is 12.2. The molecule has 8 nitrogen and oxygen atoms in total. The van der Waals surface area contributed by atoms with E-state index in [9.17, 15) is 4.79 Å². The van der Waals surface area contributed by atoms with Gasteiger partial charge in [0.2, 0.25) is 5.13 Å². The summed E-state index contributed by atoms with van der Waals surface area (Å²) in [6.45, 7) is 0.552. The Morgan fingerprint density at radius 3 is 2.97 bits per heavy atom. The number of hydrogen-bond acceptors (Lipinski definition) is 7. The Morgan fingerprint density at radius 1 is 1.10 bits per heavy atom. The van der Waals surface area contributed by atoms with E-state index in [2.05, 4.69) is 36.0 Å². The highest BCUT2D eigenvalue weighted by Crippen LogP contribution is 2.30. The van der Waals surface area contributed by atoms with Crippen LogP contribution in [0.15, 0.2) is 65.3 Å². The molecule has 0 radical (unpaired) electrons. The first-order chi connectivity index (χ1) is 14.2. The summed E-state index contributed by atoms with van der Waals surface area (Å²) in [7, 11) is 0. The number of amides is 1. The van der Waals surface area contributed by atoms with Crippen LogP contribution in [0.4, 0.5) is 16.5 Å². The number of H-pyrrole nitrogens is 1. The zero-order valence-corrected chi connectivity index (χ0v) is 15.9. The minimum Gasteiger partial charge on any atom is -0.330 e. The van der Waals surface area contributed by atoms with Gasteiger partial charge in [-0.05, 0) is 36.4 Å². The van der Waals surface area contributed by atoms with Crippen LogP contribution < -0.4 is 10.6 Å². The molecular formula is C20H15N7OS. The fraction of sp³-hybridized carbons (Fsp3) is 0.0500. The van der Waals surface area contributed by atoms with Crippen molar-refractivity contribution < 1.29 is 4.79 Å². The lowest BCUT2D eigenvalue weighted by Crippen LogP contribution is -2.14. The Hall–Kier alpha value is -3.85. The van der Waals surface area contributed by atoms with Crippen LogP contribution >= 0.6 is 11.3 Å². The number of aliphatic imine (C=N–C) groups is 1. The van der Waals surface area contributed by atoms with E-state index in [0.29, 0.717) is 22.9 Å². The van der Waals surface area contributed by atoms with Gasteiger partial charge >= 0.3 is 0 Å². The molecule has 0 bridgehead atoms. The largest absolute Gasteiger partial charge is 0.330 e. The first-order valence-corrected chi connectivity index (χ1v) is 9.72. The van der Waals surface area contributed by atoms with E-state index in [4.69, 9.17) is 0 Å². The molecule has 3 heterocycles. The molecule has 1 aliphatic heterocycles. The molecule has 0 aliphatic carbocycles. The summed E-state index contributed by atoms with van der Waals surface area (Å²) < 4.78 is 0. The molecule has 9 heteroatoms. The van der Waals surface area contributed by atoms with Crippen molar-refractivity contribution in [3.63, 3.8) is 0 Å². The molecule has 0 spiro atoms. The second-order valence-corrected chi connectivity index (χ2v) is 7.38. The SMILES string of the molecule is O=C(Nc1cccc(-c2nnc(Nc3ccc4[nH]ncc4c3)s2)c1)C1=CCN=C1. The molecule has 142 valence electrons. The van der Waals surface area contributed by atoms with Gasteiger partial charge in [-0.3, -0.25) is 14.9 Å². The summed E-state index contributed by atoms with van der Waals surface area (Å²) >= 11 is 1.44. The Labute approximate surface area is 169 Å². The van der Waals surface area contributed by atoms with E-state index >= 15 is 0 Å². The van der Waals surface area contributed by atoms with E-state index in [0.717, 1.165) is 27.2 Å². The molecule has 0 fully saturated rings. The minimum absolute atomic E-state index is 0.169. The Balaban J connectivity index is 1.33. The van der Waals surface area contributed by atoms with Crippen molar-refractivity contribution >= 4 is 50.9 Å². The van der Waals surface area contributed by atoms with Crippen LogP contribution in [0.25, 0.3) is 21.5 Å². The zero-order chi connectivity index (χ0) is 19.6. The Bertz CT molecular complexity index is 1270. The van der Waals surface area contributed by atoms with Gasteiger partial charge in [-0.25, -0.2) is 0 Å². The van der Waals surface area contributed by atoms with Gasteiger partial charge in [0.05, 0.1) is 23.8 Å². The summed E-state index contributed by atoms with van der Waals surface area (Å²) in [6, 6.07) is 13.5. The molecule has 2 aromatic heterocycles. The number of anilines is 3. The van der Waals surface area contributed by atoms with Crippen molar-refractivity contribution in [1.82, 2.24) is 20.4 Å². The number of rotatable bonds is 5. The van der Waals surface area contributed by atoms with Crippen LogP contribution in [0.1, 0.15) is 0 Å². The number of carbonyl (C=O) groups excluding carboxylic acids is 1. The topological polar surface area (TPSA) is 108 Å². The standard InChI is InChI=1S/C20H15N7OS/c28-18(13-6-7-21-10-13)23-15-3-1-2-12(8-15)19-26-27-20(29-19)24-16-4-5-17-14(9-16)11-22-25-17/h1-6,8-11H,7H2,(H,22,25)(H,23,28)(H,24,27). The second kappa shape index (κ2) is 7.28. The summed E-state index contributed by atoms with van der Waals surface area (Å²) in [6.07, 6.45) is 5.16. The van der Waals surface area contributed by atoms with Gasteiger partial charge in [-0.1, -0.05) is 23.5 Å². The van der Waals surface area contributed by atoms with Crippen LogP contribution in [-0.4, -0.2) is 39.1 Å². The molecule has 0 atom stereocenters. The van der Waals surface area contributed by atoms with Crippen molar-refractivity contribution in [2.45, 2.75) is 0 Å².